The highest BCUT2D eigenvalue weighted by molar-refractivity contribution is 7.18. The van der Waals surface area contributed by atoms with Crippen molar-refractivity contribution < 1.29 is 4.42 Å². The van der Waals surface area contributed by atoms with Crippen LogP contribution < -0.4 is 11.1 Å². The molecule has 152 valence electrons. The van der Waals surface area contributed by atoms with Crippen LogP contribution in [0.5, 0.6) is 0 Å². The molecule has 0 bridgehead atoms. The second kappa shape index (κ2) is 7.98. The van der Waals surface area contributed by atoms with Crippen LogP contribution in [0.2, 0.25) is 5.02 Å². The SMILES string of the molecule is C/C(=N/Nc1ncc(-c2cc3c(ccc4ccccc43)oc2=O)s1)c1ccc(Cl)cc1. The highest BCUT2D eigenvalue weighted by Crippen LogP contribution is 2.31. The number of rotatable bonds is 4. The number of hydrazone groups is 1. The molecule has 5 rings (SSSR count). The van der Waals surface area contributed by atoms with Crippen molar-refractivity contribution in [2.24, 2.45) is 5.10 Å². The number of anilines is 1. The van der Waals surface area contributed by atoms with Gasteiger partial charge in [-0.3, -0.25) is 5.43 Å². The van der Waals surface area contributed by atoms with E-state index in [0.29, 0.717) is 26.2 Å². The molecule has 1 N–H and O–H groups in total. The van der Waals surface area contributed by atoms with Crippen LogP contribution >= 0.6 is 22.9 Å². The molecule has 31 heavy (non-hydrogen) atoms. The van der Waals surface area contributed by atoms with Crippen LogP contribution in [0.15, 0.2) is 87.2 Å². The second-order valence-corrected chi connectivity index (χ2v) is 8.46. The first-order valence-electron chi connectivity index (χ1n) is 9.56. The normalized spacial score (nSPS) is 11.9. The maximum Gasteiger partial charge on any atom is 0.345 e. The summed E-state index contributed by atoms with van der Waals surface area (Å²) in [7, 11) is 0. The number of benzene rings is 3. The van der Waals surface area contributed by atoms with E-state index < -0.39 is 0 Å². The molecule has 0 saturated heterocycles. The number of halogens is 1. The molecule has 0 unspecified atom stereocenters. The summed E-state index contributed by atoms with van der Waals surface area (Å²) in [4.78, 5) is 17.7. The van der Waals surface area contributed by atoms with Gasteiger partial charge in [-0.2, -0.15) is 5.10 Å². The van der Waals surface area contributed by atoms with Gasteiger partial charge in [0.2, 0.25) is 5.13 Å². The Kier molecular flexibility index (Phi) is 5.02. The molecule has 7 heteroatoms. The van der Waals surface area contributed by atoms with E-state index in [0.717, 1.165) is 27.4 Å². The lowest BCUT2D eigenvalue weighted by Crippen LogP contribution is -2.01. The van der Waals surface area contributed by atoms with Crippen molar-refractivity contribution in [1.82, 2.24) is 4.98 Å². The van der Waals surface area contributed by atoms with Crippen molar-refractivity contribution in [3.63, 3.8) is 0 Å². The average Bonchev–Trinajstić information content (AvgIpc) is 3.26. The van der Waals surface area contributed by atoms with Crippen LogP contribution in [0.25, 0.3) is 32.2 Å². The molecule has 0 atom stereocenters. The molecule has 0 aliphatic carbocycles. The molecule has 2 heterocycles. The third-order valence-corrected chi connectivity index (χ3v) is 6.18. The number of hydrogen-bond acceptors (Lipinski definition) is 6. The quantitative estimate of drug-likeness (QED) is 0.147. The fraction of sp³-hybridized carbons (Fsp3) is 0.0417. The Bertz CT molecular complexity index is 1500. The number of nitrogens with zero attached hydrogens (tertiary/aromatic N) is 2. The molecule has 5 aromatic rings. The molecule has 5 nitrogen and oxygen atoms in total. The average molecular weight is 446 g/mol. The molecule has 0 spiro atoms. The monoisotopic (exact) mass is 445 g/mol. The third kappa shape index (κ3) is 3.83. The van der Waals surface area contributed by atoms with Gasteiger partial charge in [-0.1, -0.05) is 65.4 Å². The number of nitrogens with one attached hydrogen (secondary N) is 1. The van der Waals surface area contributed by atoms with Gasteiger partial charge < -0.3 is 4.42 Å². The number of thiazole rings is 1. The zero-order valence-electron chi connectivity index (χ0n) is 16.4. The van der Waals surface area contributed by atoms with Gasteiger partial charge in [0.15, 0.2) is 0 Å². The van der Waals surface area contributed by atoms with Gasteiger partial charge in [0, 0.05) is 16.6 Å². The van der Waals surface area contributed by atoms with E-state index in [-0.39, 0.29) is 5.63 Å². The first-order valence-corrected chi connectivity index (χ1v) is 10.8. The van der Waals surface area contributed by atoms with Crippen LogP contribution in [-0.2, 0) is 0 Å². The van der Waals surface area contributed by atoms with Gasteiger partial charge in [0.1, 0.15) is 5.58 Å². The molecular weight excluding hydrogens is 430 g/mol. The highest BCUT2D eigenvalue weighted by atomic mass is 35.5. The minimum Gasteiger partial charge on any atom is -0.422 e. The van der Waals surface area contributed by atoms with E-state index in [9.17, 15) is 4.79 Å². The van der Waals surface area contributed by atoms with Crippen molar-refractivity contribution in [3.8, 4) is 10.4 Å². The van der Waals surface area contributed by atoms with E-state index in [1.165, 1.54) is 11.3 Å². The maximum atomic E-state index is 12.6. The second-order valence-electron chi connectivity index (χ2n) is 6.99. The zero-order valence-corrected chi connectivity index (χ0v) is 18.0. The fourth-order valence-corrected chi connectivity index (χ4v) is 4.27. The van der Waals surface area contributed by atoms with Gasteiger partial charge in [-0.05, 0) is 47.5 Å². The Morgan fingerprint density at radius 1 is 1.06 bits per heavy atom. The predicted molar refractivity (Wildman–Crippen MR) is 128 cm³/mol. The highest BCUT2D eigenvalue weighted by Gasteiger charge is 2.13. The van der Waals surface area contributed by atoms with E-state index in [2.05, 4.69) is 15.5 Å². The lowest BCUT2D eigenvalue weighted by Gasteiger charge is -2.04. The Morgan fingerprint density at radius 2 is 1.87 bits per heavy atom. The van der Waals surface area contributed by atoms with Crippen molar-refractivity contribution in [2.45, 2.75) is 6.92 Å². The van der Waals surface area contributed by atoms with Gasteiger partial charge in [0.05, 0.1) is 16.2 Å². The third-order valence-electron chi connectivity index (χ3n) is 4.99. The standard InChI is InChI=1S/C24H16ClN3O2S/c1-14(15-6-9-17(25)10-7-15)27-28-24-26-13-22(31-24)20-12-19-18-5-3-2-4-16(18)8-11-21(19)30-23(20)29/h2-13H,1H3,(H,26,28)/b27-14-. The first kappa shape index (κ1) is 19.5. The van der Waals surface area contributed by atoms with E-state index in [1.807, 2.05) is 73.7 Å². The fourth-order valence-electron chi connectivity index (χ4n) is 3.38. The van der Waals surface area contributed by atoms with Crippen LogP contribution in [0.1, 0.15) is 12.5 Å². The summed E-state index contributed by atoms with van der Waals surface area (Å²) in [6, 6.07) is 21.1. The van der Waals surface area contributed by atoms with Crippen LogP contribution in [-0.4, -0.2) is 10.7 Å². The summed E-state index contributed by atoms with van der Waals surface area (Å²) in [6.07, 6.45) is 1.66. The Labute approximate surface area is 186 Å². The van der Waals surface area contributed by atoms with Gasteiger partial charge in [-0.25, -0.2) is 9.78 Å². The molecule has 0 aliphatic heterocycles. The summed E-state index contributed by atoms with van der Waals surface area (Å²) in [6.45, 7) is 1.90. The topological polar surface area (TPSA) is 67.5 Å². The summed E-state index contributed by atoms with van der Waals surface area (Å²) >= 11 is 7.28. The minimum absolute atomic E-state index is 0.390. The minimum atomic E-state index is -0.390. The van der Waals surface area contributed by atoms with Crippen molar-refractivity contribution in [2.75, 3.05) is 5.43 Å². The van der Waals surface area contributed by atoms with Crippen LogP contribution in [0.3, 0.4) is 0 Å². The van der Waals surface area contributed by atoms with E-state index in [4.69, 9.17) is 16.0 Å². The maximum absolute atomic E-state index is 12.6. The van der Waals surface area contributed by atoms with E-state index in [1.54, 1.807) is 6.20 Å². The Balaban J connectivity index is 1.48. The van der Waals surface area contributed by atoms with Crippen molar-refractivity contribution >= 4 is 55.5 Å². The lowest BCUT2D eigenvalue weighted by molar-refractivity contribution is 0.564. The number of aromatic nitrogens is 1. The first-order chi connectivity index (χ1) is 15.1. The Morgan fingerprint density at radius 3 is 2.71 bits per heavy atom. The molecule has 3 aromatic carbocycles. The summed E-state index contributed by atoms with van der Waals surface area (Å²) in [5.41, 5.74) is 5.37. The van der Waals surface area contributed by atoms with Crippen molar-refractivity contribution in [3.05, 3.63) is 93.9 Å². The molecule has 2 aromatic heterocycles. The summed E-state index contributed by atoms with van der Waals surface area (Å²) < 4.78 is 5.59. The van der Waals surface area contributed by atoms with Gasteiger partial charge in [0.25, 0.3) is 0 Å². The van der Waals surface area contributed by atoms with Crippen molar-refractivity contribution in [1.29, 1.82) is 0 Å². The smallest absolute Gasteiger partial charge is 0.345 e. The van der Waals surface area contributed by atoms with Gasteiger partial charge in [-0.15, -0.1) is 0 Å². The molecule has 0 radical (unpaired) electrons. The summed E-state index contributed by atoms with van der Waals surface area (Å²) in [5.74, 6) is 0. The van der Waals surface area contributed by atoms with Crippen LogP contribution in [0, 0.1) is 0 Å². The number of fused-ring (bicyclic) bond motifs is 3. The van der Waals surface area contributed by atoms with Gasteiger partial charge >= 0.3 is 5.63 Å². The Hall–Kier alpha value is -3.48. The van der Waals surface area contributed by atoms with Crippen LogP contribution in [0.4, 0.5) is 5.13 Å². The largest absolute Gasteiger partial charge is 0.422 e. The molecule has 0 saturated carbocycles. The van der Waals surface area contributed by atoms with E-state index >= 15 is 0 Å². The lowest BCUT2D eigenvalue weighted by atomic mass is 10.0. The molecule has 0 aliphatic rings. The molecule has 0 fully saturated rings. The molecular formula is C24H16ClN3O2S. The summed E-state index contributed by atoms with van der Waals surface area (Å²) in [5, 5.41) is 8.67. The predicted octanol–water partition coefficient (Wildman–Crippen LogP) is 6.56. The molecule has 0 amide bonds. The number of hydrogen-bond donors (Lipinski definition) is 1. The zero-order chi connectivity index (χ0) is 21.4.